The monoisotopic (exact) mass is 426 g/mol. The van der Waals surface area contributed by atoms with Gasteiger partial charge in [-0.1, -0.05) is 30.3 Å². The minimum absolute atomic E-state index is 0.135. The van der Waals surface area contributed by atoms with Crippen molar-refractivity contribution in [3.8, 4) is 16.9 Å². The Balaban J connectivity index is 2.01. The van der Waals surface area contributed by atoms with E-state index in [9.17, 15) is 14.7 Å². The first-order chi connectivity index (χ1) is 12.9. The highest BCUT2D eigenvalue weighted by atomic mass is 79.9. The Morgan fingerprint density at radius 3 is 2.07 bits per heavy atom. The molecule has 0 atom stereocenters. The highest BCUT2D eigenvalue weighted by Crippen LogP contribution is 2.38. The maximum atomic E-state index is 12.0. The van der Waals surface area contributed by atoms with E-state index in [1.165, 1.54) is 23.1 Å². The molecular weight excluding hydrogens is 412 g/mol. The first-order valence-corrected chi connectivity index (χ1v) is 8.68. The molecular formula is C20H15BrN2O4. The van der Waals surface area contributed by atoms with Gasteiger partial charge >= 0.3 is 12.0 Å². The fourth-order valence-corrected chi connectivity index (χ4v) is 3.16. The van der Waals surface area contributed by atoms with Crippen molar-refractivity contribution in [2.75, 3.05) is 4.90 Å². The molecule has 0 saturated carbocycles. The maximum absolute atomic E-state index is 12.0. The molecule has 0 aromatic heterocycles. The number of carbonyl (C=O) groups excluding carboxylic acids is 1. The van der Waals surface area contributed by atoms with E-state index in [-0.39, 0.29) is 17.0 Å². The molecule has 6 nitrogen and oxygen atoms in total. The number of anilines is 2. The van der Waals surface area contributed by atoms with Crippen molar-refractivity contribution < 1.29 is 19.8 Å². The quantitative estimate of drug-likeness (QED) is 0.560. The van der Waals surface area contributed by atoms with Gasteiger partial charge in [-0.05, 0) is 63.5 Å². The number of para-hydroxylation sites is 1. The topological polar surface area (TPSA) is 104 Å². The van der Waals surface area contributed by atoms with Crippen LogP contribution in [0.3, 0.4) is 0 Å². The molecule has 0 aliphatic heterocycles. The number of amides is 2. The van der Waals surface area contributed by atoms with Crippen molar-refractivity contribution in [1.82, 2.24) is 0 Å². The third kappa shape index (κ3) is 3.78. The summed E-state index contributed by atoms with van der Waals surface area (Å²) < 4.78 is 0.650. The molecule has 0 aliphatic rings. The lowest BCUT2D eigenvalue weighted by molar-refractivity contribution is 0.0697. The summed E-state index contributed by atoms with van der Waals surface area (Å²) in [6.45, 7) is 0. The van der Waals surface area contributed by atoms with Gasteiger partial charge < -0.3 is 15.9 Å². The SMILES string of the molecule is NC(=O)N(c1ccc(-c2ccc(C(=O)O)cc2)cc1O)c1ccccc1Br. The third-order valence-electron chi connectivity index (χ3n) is 4.00. The average molecular weight is 427 g/mol. The van der Waals surface area contributed by atoms with Gasteiger partial charge in [-0.2, -0.15) is 0 Å². The number of carboxylic acid groups (broad SMARTS) is 1. The summed E-state index contributed by atoms with van der Waals surface area (Å²) >= 11 is 3.38. The van der Waals surface area contributed by atoms with Crippen LogP contribution in [0.5, 0.6) is 5.75 Å². The average Bonchev–Trinajstić information content (AvgIpc) is 2.64. The van der Waals surface area contributed by atoms with Crippen molar-refractivity contribution in [3.63, 3.8) is 0 Å². The lowest BCUT2D eigenvalue weighted by Gasteiger charge is -2.23. The summed E-state index contributed by atoms with van der Waals surface area (Å²) in [6, 6.07) is 17.4. The summed E-state index contributed by atoms with van der Waals surface area (Å²) in [7, 11) is 0. The molecule has 0 fully saturated rings. The van der Waals surface area contributed by atoms with Gasteiger partial charge in [0.1, 0.15) is 5.75 Å². The van der Waals surface area contributed by atoms with Crippen molar-refractivity contribution in [2.24, 2.45) is 5.73 Å². The molecule has 27 heavy (non-hydrogen) atoms. The predicted molar refractivity (Wildman–Crippen MR) is 106 cm³/mol. The van der Waals surface area contributed by atoms with Crippen LogP contribution in [-0.2, 0) is 0 Å². The van der Waals surface area contributed by atoms with E-state index < -0.39 is 12.0 Å². The smallest absolute Gasteiger partial charge is 0.335 e. The minimum atomic E-state index is -1.01. The standard InChI is InChI=1S/C20H15BrN2O4/c21-15-3-1-2-4-16(15)23(20(22)27)17-10-9-14(11-18(17)24)12-5-7-13(8-6-12)19(25)26/h1-11,24H,(H2,22,27)(H,25,26). The number of aromatic hydroxyl groups is 1. The zero-order valence-electron chi connectivity index (χ0n) is 14.0. The Labute approximate surface area is 163 Å². The third-order valence-corrected chi connectivity index (χ3v) is 4.67. The van der Waals surface area contributed by atoms with E-state index in [2.05, 4.69) is 15.9 Å². The van der Waals surface area contributed by atoms with Gasteiger partial charge in [-0.3, -0.25) is 4.90 Å². The number of urea groups is 1. The highest BCUT2D eigenvalue weighted by Gasteiger charge is 2.21. The minimum Gasteiger partial charge on any atom is -0.506 e. The second-order valence-corrected chi connectivity index (χ2v) is 6.57. The number of rotatable bonds is 4. The predicted octanol–water partition coefficient (Wildman–Crippen LogP) is 4.74. The van der Waals surface area contributed by atoms with E-state index in [0.717, 1.165) is 5.56 Å². The van der Waals surface area contributed by atoms with Crippen LogP contribution in [0.4, 0.5) is 16.2 Å². The van der Waals surface area contributed by atoms with Crippen LogP contribution >= 0.6 is 15.9 Å². The lowest BCUT2D eigenvalue weighted by Crippen LogP contribution is -2.31. The molecule has 0 radical (unpaired) electrons. The molecule has 0 spiro atoms. The van der Waals surface area contributed by atoms with Crippen LogP contribution in [-0.4, -0.2) is 22.2 Å². The number of carboxylic acids is 1. The molecule has 0 saturated heterocycles. The number of primary amides is 1. The number of phenolic OH excluding ortho intramolecular Hbond substituents is 1. The van der Waals surface area contributed by atoms with Crippen molar-refractivity contribution >= 4 is 39.3 Å². The molecule has 4 N–H and O–H groups in total. The van der Waals surface area contributed by atoms with Crippen molar-refractivity contribution in [3.05, 3.63) is 76.8 Å². The van der Waals surface area contributed by atoms with E-state index in [1.807, 2.05) is 0 Å². The maximum Gasteiger partial charge on any atom is 0.335 e. The summed E-state index contributed by atoms with van der Waals surface area (Å²) in [4.78, 5) is 24.2. The van der Waals surface area contributed by atoms with Crippen LogP contribution in [0.1, 0.15) is 10.4 Å². The summed E-state index contributed by atoms with van der Waals surface area (Å²) in [5, 5.41) is 19.5. The number of nitrogens with zero attached hydrogens (tertiary/aromatic N) is 1. The van der Waals surface area contributed by atoms with Gasteiger partial charge in [0, 0.05) is 4.47 Å². The Morgan fingerprint density at radius 1 is 0.889 bits per heavy atom. The van der Waals surface area contributed by atoms with Crippen LogP contribution in [0.25, 0.3) is 11.1 Å². The lowest BCUT2D eigenvalue weighted by atomic mass is 10.0. The van der Waals surface area contributed by atoms with Gasteiger partial charge in [-0.25, -0.2) is 9.59 Å². The Morgan fingerprint density at radius 2 is 1.52 bits per heavy atom. The van der Waals surface area contributed by atoms with Crippen LogP contribution in [0.2, 0.25) is 0 Å². The fraction of sp³-hybridized carbons (Fsp3) is 0. The molecule has 3 aromatic rings. The van der Waals surface area contributed by atoms with Crippen molar-refractivity contribution in [2.45, 2.75) is 0 Å². The number of halogens is 1. The number of hydrogen-bond acceptors (Lipinski definition) is 3. The van der Waals surface area contributed by atoms with Gasteiger partial charge in [0.15, 0.2) is 0 Å². The van der Waals surface area contributed by atoms with Gasteiger partial charge in [-0.15, -0.1) is 0 Å². The first-order valence-electron chi connectivity index (χ1n) is 7.89. The van der Waals surface area contributed by atoms with E-state index >= 15 is 0 Å². The molecule has 0 aliphatic carbocycles. The Kier molecular flexibility index (Phi) is 5.14. The number of carbonyl (C=O) groups is 2. The van der Waals surface area contributed by atoms with Gasteiger partial charge in [0.05, 0.1) is 16.9 Å². The van der Waals surface area contributed by atoms with Gasteiger partial charge in [0.25, 0.3) is 0 Å². The Bertz CT molecular complexity index is 1020. The molecule has 0 bridgehead atoms. The highest BCUT2D eigenvalue weighted by molar-refractivity contribution is 9.10. The van der Waals surface area contributed by atoms with E-state index in [1.54, 1.807) is 48.5 Å². The largest absolute Gasteiger partial charge is 0.506 e. The first kappa shape index (κ1) is 18.5. The molecule has 3 aromatic carbocycles. The van der Waals surface area contributed by atoms with E-state index in [0.29, 0.717) is 15.7 Å². The molecule has 136 valence electrons. The fourth-order valence-electron chi connectivity index (χ4n) is 2.70. The number of aromatic carboxylic acids is 1. The Hall–Kier alpha value is -3.32. The second kappa shape index (κ2) is 7.51. The normalized spacial score (nSPS) is 10.4. The van der Waals surface area contributed by atoms with Crippen LogP contribution in [0, 0.1) is 0 Å². The molecule has 0 heterocycles. The molecule has 3 rings (SSSR count). The molecule has 0 unspecified atom stereocenters. The summed E-state index contributed by atoms with van der Waals surface area (Å²) in [5.74, 6) is -1.14. The van der Waals surface area contributed by atoms with Crippen LogP contribution in [0.15, 0.2) is 71.2 Å². The summed E-state index contributed by atoms with van der Waals surface area (Å²) in [5.41, 5.74) is 7.84. The zero-order valence-corrected chi connectivity index (χ0v) is 15.6. The van der Waals surface area contributed by atoms with Crippen LogP contribution < -0.4 is 10.6 Å². The second-order valence-electron chi connectivity index (χ2n) is 5.71. The number of hydrogen-bond donors (Lipinski definition) is 3. The number of phenols is 1. The number of benzene rings is 3. The number of nitrogens with two attached hydrogens (primary N) is 1. The molecule has 7 heteroatoms. The van der Waals surface area contributed by atoms with E-state index in [4.69, 9.17) is 10.8 Å². The van der Waals surface area contributed by atoms with Crippen molar-refractivity contribution in [1.29, 1.82) is 0 Å². The van der Waals surface area contributed by atoms with Gasteiger partial charge in [0.2, 0.25) is 0 Å². The molecule has 2 amide bonds. The zero-order chi connectivity index (χ0) is 19.6. The summed E-state index contributed by atoms with van der Waals surface area (Å²) in [6.07, 6.45) is 0.